The van der Waals surface area contributed by atoms with Gasteiger partial charge in [-0.25, -0.2) is 4.79 Å². The second-order valence-corrected chi connectivity index (χ2v) is 6.01. The molecule has 17 heavy (non-hydrogen) atoms. The quantitative estimate of drug-likeness (QED) is 0.808. The Balaban J connectivity index is 2.51. The molecule has 1 amide bonds. The summed E-state index contributed by atoms with van der Waals surface area (Å²) in [5, 5.41) is 0. The Labute approximate surface area is 104 Å². The molecule has 2 atom stereocenters. The first-order valence-corrected chi connectivity index (χ1v) is 6.49. The van der Waals surface area contributed by atoms with Crippen LogP contribution >= 0.6 is 0 Å². The lowest BCUT2D eigenvalue weighted by Crippen LogP contribution is -2.43. The first kappa shape index (κ1) is 14.3. The van der Waals surface area contributed by atoms with Gasteiger partial charge in [0.25, 0.3) is 0 Å². The number of carbonyl (C=O) groups excluding carboxylic acids is 1. The number of hydrogen-bond acceptors (Lipinski definition) is 3. The molecule has 0 spiro atoms. The van der Waals surface area contributed by atoms with Crippen molar-refractivity contribution in [2.45, 2.75) is 58.1 Å². The van der Waals surface area contributed by atoms with Crippen LogP contribution in [0.5, 0.6) is 0 Å². The summed E-state index contributed by atoms with van der Waals surface area (Å²) < 4.78 is 5.38. The largest absolute Gasteiger partial charge is 0.444 e. The molecular weight excluding hydrogens is 216 g/mol. The van der Waals surface area contributed by atoms with Crippen molar-refractivity contribution in [1.82, 2.24) is 4.90 Å². The van der Waals surface area contributed by atoms with E-state index in [0.717, 1.165) is 25.8 Å². The first-order valence-electron chi connectivity index (χ1n) is 6.49. The van der Waals surface area contributed by atoms with Crippen LogP contribution in [-0.2, 0) is 4.74 Å². The molecule has 0 aromatic carbocycles. The van der Waals surface area contributed by atoms with Crippen LogP contribution in [0.25, 0.3) is 0 Å². The molecule has 1 fully saturated rings. The zero-order valence-electron chi connectivity index (χ0n) is 11.5. The summed E-state index contributed by atoms with van der Waals surface area (Å²) in [6.45, 7) is 6.39. The van der Waals surface area contributed by atoms with Gasteiger partial charge in [-0.15, -0.1) is 0 Å². The molecule has 1 rings (SSSR count). The Morgan fingerprint density at radius 2 is 2.06 bits per heavy atom. The molecule has 2 N–H and O–H groups in total. The van der Waals surface area contributed by atoms with Crippen molar-refractivity contribution in [3.63, 3.8) is 0 Å². The van der Waals surface area contributed by atoms with Gasteiger partial charge in [-0.3, -0.25) is 0 Å². The summed E-state index contributed by atoms with van der Waals surface area (Å²) in [4.78, 5) is 13.7. The molecule has 1 aliphatic rings. The lowest BCUT2D eigenvalue weighted by molar-refractivity contribution is 0.0166. The van der Waals surface area contributed by atoms with Gasteiger partial charge in [0.15, 0.2) is 0 Å². The van der Waals surface area contributed by atoms with E-state index in [-0.39, 0.29) is 12.1 Å². The molecule has 0 aromatic rings. The summed E-state index contributed by atoms with van der Waals surface area (Å²) in [6, 6.07) is 0.284. The first-order chi connectivity index (χ1) is 7.83. The van der Waals surface area contributed by atoms with Gasteiger partial charge in [0.2, 0.25) is 0 Å². The van der Waals surface area contributed by atoms with Crippen LogP contribution in [0.15, 0.2) is 0 Å². The summed E-state index contributed by atoms with van der Waals surface area (Å²) in [6.07, 6.45) is 4.19. The molecule has 1 aliphatic carbocycles. The van der Waals surface area contributed by atoms with Crippen LogP contribution in [0.1, 0.15) is 46.5 Å². The number of hydrogen-bond donors (Lipinski definition) is 1. The van der Waals surface area contributed by atoms with Crippen molar-refractivity contribution >= 4 is 6.09 Å². The third kappa shape index (κ3) is 4.54. The van der Waals surface area contributed by atoms with E-state index in [1.807, 2.05) is 27.8 Å². The predicted molar refractivity (Wildman–Crippen MR) is 68.8 cm³/mol. The Morgan fingerprint density at radius 3 is 2.59 bits per heavy atom. The van der Waals surface area contributed by atoms with Gasteiger partial charge < -0.3 is 15.4 Å². The van der Waals surface area contributed by atoms with Crippen LogP contribution in [0, 0.1) is 5.92 Å². The molecule has 0 saturated heterocycles. The van der Waals surface area contributed by atoms with E-state index >= 15 is 0 Å². The number of nitrogens with zero attached hydrogens (tertiary/aromatic N) is 1. The fourth-order valence-corrected chi connectivity index (χ4v) is 2.31. The molecule has 4 heteroatoms. The molecule has 0 radical (unpaired) electrons. The molecule has 0 aliphatic heterocycles. The molecule has 0 bridgehead atoms. The molecular formula is C13H26N2O2. The lowest BCUT2D eigenvalue weighted by atomic mass is 9.85. The second kappa shape index (κ2) is 5.71. The molecule has 1 saturated carbocycles. The van der Waals surface area contributed by atoms with Gasteiger partial charge in [0.05, 0.1) is 0 Å². The molecule has 4 nitrogen and oxygen atoms in total. The minimum absolute atomic E-state index is 0.222. The highest BCUT2D eigenvalue weighted by molar-refractivity contribution is 5.68. The van der Waals surface area contributed by atoms with Gasteiger partial charge in [-0.05, 0) is 52.5 Å². The summed E-state index contributed by atoms with van der Waals surface area (Å²) in [7, 11) is 1.83. The maximum absolute atomic E-state index is 11.9. The van der Waals surface area contributed by atoms with Gasteiger partial charge in [0.1, 0.15) is 5.60 Å². The van der Waals surface area contributed by atoms with Crippen LogP contribution in [-0.4, -0.2) is 36.2 Å². The normalized spacial score (nSPS) is 25.5. The van der Waals surface area contributed by atoms with Gasteiger partial charge in [-0.2, -0.15) is 0 Å². The Bertz CT molecular complexity index is 261. The number of rotatable bonds is 2. The highest BCUT2D eigenvalue weighted by Crippen LogP contribution is 2.27. The fourth-order valence-electron chi connectivity index (χ4n) is 2.31. The zero-order valence-corrected chi connectivity index (χ0v) is 11.5. The zero-order chi connectivity index (χ0) is 13.1. The number of carbonyl (C=O) groups is 1. The van der Waals surface area contributed by atoms with E-state index in [1.165, 1.54) is 6.42 Å². The summed E-state index contributed by atoms with van der Waals surface area (Å²) >= 11 is 0. The standard InChI is InChI=1S/C13H26N2O2/c1-13(2,3)17-12(16)15(4)11-7-5-6-10(8-11)9-14/h10-11H,5-9,14H2,1-4H3. The third-order valence-corrected chi connectivity index (χ3v) is 3.32. The lowest BCUT2D eigenvalue weighted by Gasteiger charge is -2.35. The SMILES string of the molecule is CN(C(=O)OC(C)(C)C)C1CCCC(CN)C1. The highest BCUT2D eigenvalue weighted by Gasteiger charge is 2.29. The Hall–Kier alpha value is -0.770. The minimum Gasteiger partial charge on any atom is -0.444 e. The van der Waals surface area contributed by atoms with Crippen molar-refractivity contribution in [3.8, 4) is 0 Å². The van der Waals surface area contributed by atoms with Gasteiger partial charge in [0, 0.05) is 13.1 Å². The van der Waals surface area contributed by atoms with E-state index in [0.29, 0.717) is 5.92 Å². The van der Waals surface area contributed by atoms with E-state index in [1.54, 1.807) is 4.90 Å². The molecule has 100 valence electrons. The number of ether oxygens (including phenoxy) is 1. The fraction of sp³-hybridized carbons (Fsp3) is 0.923. The third-order valence-electron chi connectivity index (χ3n) is 3.32. The van der Waals surface area contributed by atoms with E-state index in [2.05, 4.69) is 0 Å². The van der Waals surface area contributed by atoms with Crippen molar-refractivity contribution in [1.29, 1.82) is 0 Å². The maximum atomic E-state index is 11.9. The Morgan fingerprint density at radius 1 is 1.41 bits per heavy atom. The summed E-state index contributed by atoms with van der Waals surface area (Å²) in [5.74, 6) is 0.554. The maximum Gasteiger partial charge on any atom is 0.410 e. The Kier molecular flexibility index (Phi) is 4.80. The molecule has 0 aromatic heterocycles. The van der Waals surface area contributed by atoms with Crippen LogP contribution in [0.4, 0.5) is 4.79 Å². The number of amides is 1. The van der Waals surface area contributed by atoms with Crippen LogP contribution in [0.2, 0.25) is 0 Å². The van der Waals surface area contributed by atoms with Crippen molar-refractivity contribution in [2.75, 3.05) is 13.6 Å². The topological polar surface area (TPSA) is 55.6 Å². The summed E-state index contributed by atoms with van der Waals surface area (Å²) in [5.41, 5.74) is 5.29. The number of nitrogens with two attached hydrogens (primary N) is 1. The van der Waals surface area contributed by atoms with Crippen molar-refractivity contribution in [3.05, 3.63) is 0 Å². The van der Waals surface area contributed by atoms with E-state index < -0.39 is 5.60 Å². The predicted octanol–water partition coefficient (Wildman–Crippen LogP) is 2.37. The average Bonchev–Trinajstić information content (AvgIpc) is 2.26. The monoisotopic (exact) mass is 242 g/mol. The van der Waals surface area contributed by atoms with Crippen molar-refractivity contribution in [2.24, 2.45) is 11.7 Å². The van der Waals surface area contributed by atoms with Crippen LogP contribution < -0.4 is 5.73 Å². The minimum atomic E-state index is -0.423. The van der Waals surface area contributed by atoms with Crippen molar-refractivity contribution < 1.29 is 9.53 Å². The highest BCUT2D eigenvalue weighted by atomic mass is 16.6. The molecule has 2 unspecified atom stereocenters. The van der Waals surface area contributed by atoms with Crippen LogP contribution in [0.3, 0.4) is 0 Å². The smallest absolute Gasteiger partial charge is 0.410 e. The average molecular weight is 242 g/mol. The van der Waals surface area contributed by atoms with E-state index in [9.17, 15) is 4.79 Å². The molecule has 0 heterocycles. The second-order valence-electron chi connectivity index (χ2n) is 6.01. The van der Waals surface area contributed by atoms with Gasteiger partial charge >= 0.3 is 6.09 Å². The van der Waals surface area contributed by atoms with Gasteiger partial charge in [-0.1, -0.05) is 6.42 Å². The van der Waals surface area contributed by atoms with E-state index in [4.69, 9.17) is 10.5 Å².